The van der Waals surface area contributed by atoms with Gasteiger partial charge in [0.1, 0.15) is 0 Å². The fraction of sp³-hybridized carbons (Fsp3) is 0.647. The first kappa shape index (κ1) is 17.2. The topological polar surface area (TPSA) is 30.5 Å². The number of benzene rings is 1. The lowest BCUT2D eigenvalue weighted by molar-refractivity contribution is 0.0432. The van der Waals surface area contributed by atoms with Crippen molar-refractivity contribution < 1.29 is 9.47 Å². The number of rotatable bonds is 12. The average Bonchev–Trinajstić information content (AvgIpc) is 2.45. The monoisotopic (exact) mass is 279 g/mol. The highest BCUT2D eigenvalue weighted by atomic mass is 16.5. The minimum Gasteiger partial charge on any atom is -0.379 e. The quantitative estimate of drug-likeness (QED) is 0.596. The van der Waals surface area contributed by atoms with Gasteiger partial charge in [0.15, 0.2) is 0 Å². The maximum Gasteiger partial charge on any atom is 0.0700 e. The molecule has 0 bridgehead atoms. The Kier molecular flexibility index (Phi) is 10.2. The zero-order valence-corrected chi connectivity index (χ0v) is 12.9. The van der Waals surface area contributed by atoms with Crippen LogP contribution in [0.3, 0.4) is 0 Å². The van der Waals surface area contributed by atoms with Crippen LogP contribution in [0.1, 0.15) is 32.3 Å². The molecule has 0 amide bonds. The molecular weight excluding hydrogens is 250 g/mol. The van der Waals surface area contributed by atoms with E-state index in [2.05, 4.69) is 43.4 Å². The summed E-state index contributed by atoms with van der Waals surface area (Å²) in [7, 11) is 0. The Labute approximate surface area is 123 Å². The van der Waals surface area contributed by atoms with E-state index in [-0.39, 0.29) is 0 Å². The predicted molar refractivity (Wildman–Crippen MR) is 83.9 cm³/mol. The Morgan fingerprint density at radius 3 is 2.35 bits per heavy atom. The molecule has 0 aliphatic rings. The van der Waals surface area contributed by atoms with Gasteiger partial charge in [0.2, 0.25) is 0 Å². The van der Waals surface area contributed by atoms with Crippen LogP contribution in [-0.4, -0.2) is 33.0 Å². The highest BCUT2D eigenvalue weighted by Crippen LogP contribution is 1.99. The van der Waals surface area contributed by atoms with Crippen LogP contribution in [0.5, 0.6) is 0 Å². The van der Waals surface area contributed by atoms with E-state index in [0.29, 0.717) is 19.1 Å². The molecule has 0 spiro atoms. The third-order valence-electron chi connectivity index (χ3n) is 3.03. The summed E-state index contributed by atoms with van der Waals surface area (Å²) in [6, 6.07) is 10.5. The first-order chi connectivity index (χ1) is 9.79. The van der Waals surface area contributed by atoms with Crippen LogP contribution >= 0.6 is 0 Å². The fourth-order valence-electron chi connectivity index (χ4n) is 1.77. The lowest BCUT2D eigenvalue weighted by atomic mass is 10.1. The van der Waals surface area contributed by atoms with Crippen LogP contribution in [0, 0.1) is 5.92 Å². The maximum atomic E-state index is 5.53. The maximum absolute atomic E-state index is 5.53. The number of hydrogen-bond acceptors (Lipinski definition) is 3. The number of ether oxygens (including phenoxy) is 2. The van der Waals surface area contributed by atoms with Gasteiger partial charge in [0.25, 0.3) is 0 Å². The SMILES string of the molecule is CC(C)CCOCCOCCCNCc1ccccc1. The molecular formula is C17H29NO2. The molecule has 1 rings (SSSR count). The smallest absolute Gasteiger partial charge is 0.0700 e. The van der Waals surface area contributed by atoms with Crippen molar-refractivity contribution in [3.63, 3.8) is 0 Å². The first-order valence-electron chi connectivity index (χ1n) is 7.69. The van der Waals surface area contributed by atoms with Crippen molar-refractivity contribution in [2.45, 2.75) is 33.2 Å². The number of hydrogen-bond donors (Lipinski definition) is 1. The van der Waals surface area contributed by atoms with E-state index in [1.54, 1.807) is 0 Å². The average molecular weight is 279 g/mol. The normalized spacial score (nSPS) is 11.2. The van der Waals surface area contributed by atoms with Gasteiger partial charge in [-0.2, -0.15) is 0 Å². The van der Waals surface area contributed by atoms with Crippen LogP contribution in [0.15, 0.2) is 30.3 Å². The highest BCUT2D eigenvalue weighted by Gasteiger charge is 1.95. The van der Waals surface area contributed by atoms with E-state index in [9.17, 15) is 0 Å². The molecule has 0 atom stereocenters. The van der Waals surface area contributed by atoms with Gasteiger partial charge in [-0.15, -0.1) is 0 Å². The number of nitrogens with one attached hydrogen (secondary N) is 1. The molecule has 20 heavy (non-hydrogen) atoms. The molecule has 0 aliphatic heterocycles. The minimum atomic E-state index is 0.705. The van der Waals surface area contributed by atoms with E-state index < -0.39 is 0 Å². The van der Waals surface area contributed by atoms with Crippen LogP contribution < -0.4 is 5.32 Å². The second kappa shape index (κ2) is 11.9. The second-order valence-electron chi connectivity index (χ2n) is 5.42. The molecule has 1 N–H and O–H groups in total. The van der Waals surface area contributed by atoms with Crippen molar-refractivity contribution in [2.24, 2.45) is 5.92 Å². The molecule has 0 radical (unpaired) electrons. The molecule has 1 aromatic rings. The van der Waals surface area contributed by atoms with Gasteiger partial charge >= 0.3 is 0 Å². The van der Waals surface area contributed by atoms with E-state index in [4.69, 9.17) is 9.47 Å². The van der Waals surface area contributed by atoms with Crippen molar-refractivity contribution in [1.82, 2.24) is 5.32 Å². The summed E-state index contributed by atoms with van der Waals surface area (Å²) in [5.74, 6) is 0.714. The summed E-state index contributed by atoms with van der Waals surface area (Å²) in [5, 5.41) is 3.41. The second-order valence-corrected chi connectivity index (χ2v) is 5.42. The van der Waals surface area contributed by atoms with Gasteiger partial charge in [0.05, 0.1) is 13.2 Å². The Balaban J connectivity index is 1.79. The van der Waals surface area contributed by atoms with E-state index >= 15 is 0 Å². The summed E-state index contributed by atoms with van der Waals surface area (Å²) in [4.78, 5) is 0. The van der Waals surface area contributed by atoms with Gasteiger partial charge in [0, 0.05) is 19.8 Å². The minimum absolute atomic E-state index is 0.705. The Hall–Kier alpha value is -0.900. The molecule has 1 aromatic carbocycles. The standard InChI is InChI=1S/C17H29NO2/c1-16(2)9-12-20-14-13-19-11-6-10-18-15-17-7-4-3-5-8-17/h3-5,7-8,16,18H,6,9-15H2,1-2H3. The third-order valence-corrected chi connectivity index (χ3v) is 3.03. The summed E-state index contributed by atoms with van der Waals surface area (Å²) in [5.41, 5.74) is 1.33. The van der Waals surface area contributed by atoms with E-state index in [1.807, 2.05) is 6.07 Å². The lowest BCUT2D eigenvalue weighted by Gasteiger charge is -2.08. The Bertz CT molecular complexity index is 314. The third kappa shape index (κ3) is 9.96. The molecule has 0 saturated heterocycles. The fourth-order valence-corrected chi connectivity index (χ4v) is 1.77. The summed E-state index contributed by atoms with van der Waals surface area (Å²) in [6.45, 7) is 9.41. The van der Waals surface area contributed by atoms with Crippen LogP contribution in [-0.2, 0) is 16.0 Å². The largest absolute Gasteiger partial charge is 0.379 e. The molecule has 114 valence electrons. The molecule has 3 heteroatoms. The van der Waals surface area contributed by atoms with Gasteiger partial charge in [-0.25, -0.2) is 0 Å². The summed E-state index contributed by atoms with van der Waals surface area (Å²) in [6.07, 6.45) is 2.17. The van der Waals surface area contributed by atoms with Crippen LogP contribution in [0.25, 0.3) is 0 Å². The van der Waals surface area contributed by atoms with Crippen LogP contribution in [0.4, 0.5) is 0 Å². The van der Waals surface area contributed by atoms with Gasteiger partial charge in [-0.3, -0.25) is 0 Å². The van der Waals surface area contributed by atoms with Crippen molar-refractivity contribution in [3.05, 3.63) is 35.9 Å². The Morgan fingerprint density at radius 2 is 1.65 bits per heavy atom. The molecule has 0 heterocycles. The van der Waals surface area contributed by atoms with Crippen molar-refractivity contribution in [1.29, 1.82) is 0 Å². The lowest BCUT2D eigenvalue weighted by Crippen LogP contribution is -2.17. The van der Waals surface area contributed by atoms with Crippen molar-refractivity contribution >= 4 is 0 Å². The molecule has 0 saturated carbocycles. The van der Waals surface area contributed by atoms with Crippen molar-refractivity contribution in [2.75, 3.05) is 33.0 Å². The van der Waals surface area contributed by atoms with Crippen molar-refractivity contribution in [3.8, 4) is 0 Å². The molecule has 0 aromatic heterocycles. The molecule has 0 fully saturated rings. The summed E-state index contributed by atoms with van der Waals surface area (Å²) < 4.78 is 11.0. The van der Waals surface area contributed by atoms with Gasteiger partial charge in [-0.1, -0.05) is 44.2 Å². The molecule has 3 nitrogen and oxygen atoms in total. The predicted octanol–water partition coefficient (Wildman–Crippen LogP) is 3.25. The zero-order chi connectivity index (χ0) is 14.5. The first-order valence-corrected chi connectivity index (χ1v) is 7.69. The van der Waals surface area contributed by atoms with Gasteiger partial charge in [-0.05, 0) is 30.9 Å². The highest BCUT2D eigenvalue weighted by molar-refractivity contribution is 5.14. The molecule has 0 aliphatic carbocycles. The zero-order valence-electron chi connectivity index (χ0n) is 12.9. The van der Waals surface area contributed by atoms with Crippen LogP contribution in [0.2, 0.25) is 0 Å². The summed E-state index contributed by atoms with van der Waals surface area (Å²) >= 11 is 0. The van der Waals surface area contributed by atoms with Gasteiger partial charge < -0.3 is 14.8 Å². The van der Waals surface area contributed by atoms with E-state index in [1.165, 1.54) is 5.56 Å². The molecule has 0 unspecified atom stereocenters. The Morgan fingerprint density at radius 1 is 0.950 bits per heavy atom. The van der Waals surface area contributed by atoms with E-state index in [0.717, 1.165) is 39.1 Å².